The monoisotopic (exact) mass is 808 g/mol. The average Bonchev–Trinajstić information content (AvgIpc) is 3.18. The number of methoxy groups -OCH3 is 1. The highest BCUT2D eigenvalue weighted by Gasteiger charge is 2.39. The van der Waals surface area contributed by atoms with E-state index in [-0.39, 0.29) is 10.9 Å². The number of carbonyl (C=O) groups is 3. The molecule has 0 amide bonds. The molecule has 0 radical (unpaired) electrons. The van der Waals surface area contributed by atoms with E-state index < -0.39 is 66.0 Å². The molecule has 2 heterocycles. The molecule has 0 N–H and O–H groups in total. The van der Waals surface area contributed by atoms with Crippen LogP contribution in [0.4, 0.5) is 0 Å². The Labute approximate surface area is 340 Å². The lowest BCUT2D eigenvalue weighted by Gasteiger charge is -2.33. The zero-order chi connectivity index (χ0) is 43.6. The van der Waals surface area contributed by atoms with Crippen LogP contribution in [0.25, 0.3) is 0 Å². The Kier molecular flexibility index (Phi) is 17.4. The molecule has 0 unspecified atom stereocenters. The molecule has 0 fully saturated rings. The maximum atomic E-state index is 13.8. The third-order valence-electron chi connectivity index (χ3n) is 10.7. The summed E-state index contributed by atoms with van der Waals surface area (Å²) < 4.78 is 24.3. The SMILES string of the molecule is CCc1oc([C@H](C)[C@H](OOC(C)=O)[C@@H](C)[C@@H](OOC(C)=O)/C(C)=C/[C@H](C)c2oc([C@@H](C)[C@H](CC)OC(=O)[C@H](OC)c3ccccc3)c(C)c(=O)c2C)c(C)c(=O)c1C. The third kappa shape index (κ3) is 11.2. The van der Waals surface area contributed by atoms with Crippen LogP contribution in [-0.2, 0) is 49.8 Å². The maximum Gasteiger partial charge on any atom is 0.340 e. The van der Waals surface area contributed by atoms with Gasteiger partial charge in [-0.25, -0.2) is 14.4 Å². The van der Waals surface area contributed by atoms with Crippen LogP contribution in [0.1, 0.15) is 143 Å². The Balaban J connectivity index is 2.06. The van der Waals surface area contributed by atoms with Gasteiger partial charge in [-0.3, -0.25) is 19.4 Å². The van der Waals surface area contributed by atoms with Gasteiger partial charge in [0.05, 0.1) is 5.92 Å². The summed E-state index contributed by atoms with van der Waals surface area (Å²) in [7, 11) is 1.44. The lowest BCUT2D eigenvalue weighted by atomic mass is 9.83. The van der Waals surface area contributed by atoms with E-state index in [1.54, 1.807) is 60.6 Å². The molecule has 13 heteroatoms. The predicted octanol–water partition coefficient (Wildman–Crippen LogP) is 8.42. The average molecular weight is 809 g/mol. The van der Waals surface area contributed by atoms with Gasteiger partial charge in [-0.05, 0) is 52.2 Å². The number of esters is 1. The van der Waals surface area contributed by atoms with E-state index in [1.807, 2.05) is 52.0 Å². The molecule has 0 aliphatic rings. The predicted molar refractivity (Wildman–Crippen MR) is 216 cm³/mol. The molecule has 318 valence electrons. The molecule has 0 saturated heterocycles. The summed E-state index contributed by atoms with van der Waals surface area (Å²) in [5.74, 6) is -2.74. The topological polar surface area (TPSA) is 167 Å². The summed E-state index contributed by atoms with van der Waals surface area (Å²) in [5.41, 5.74) is 2.52. The van der Waals surface area contributed by atoms with E-state index >= 15 is 0 Å². The van der Waals surface area contributed by atoms with Gasteiger partial charge in [0.15, 0.2) is 17.0 Å². The van der Waals surface area contributed by atoms with Crippen molar-refractivity contribution in [2.75, 3.05) is 7.11 Å². The van der Waals surface area contributed by atoms with Crippen LogP contribution in [0.2, 0.25) is 0 Å². The largest absolute Gasteiger partial charge is 0.465 e. The highest BCUT2D eigenvalue weighted by Crippen LogP contribution is 2.36. The number of benzene rings is 1. The van der Waals surface area contributed by atoms with Gasteiger partial charge in [-0.15, -0.1) is 0 Å². The van der Waals surface area contributed by atoms with Gasteiger partial charge in [-0.1, -0.05) is 78.0 Å². The summed E-state index contributed by atoms with van der Waals surface area (Å²) in [6.45, 7) is 21.9. The fraction of sp³-hybridized carbons (Fsp3) is 0.533. The zero-order valence-corrected chi connectivity index (χ0v) is 36.3. The van der Waals surface area contributed by atoms with E-state index in [0.29, 0.717) is 69.3 Å². The minimum atomic E-state index is -0.990. The van der Waals surface area contributed by atoms with Crippen molar-refractivity contribution in [3.8, 4) is 0 Å². The fourth-order valence-electron chi connectivity index (χ4n) is 7.47. The summed E-state index contributed by atoms with van der Waals surface area (Å²) in [5, 5.41) is 0. The minimum absolute atomic E-state index is 0.167. The second-order valence-corrected chi connectivity index (χ2v) is 15.0. The van der Waals surface area contributed by atoms with Gasteiger partial charge in [0, 0.05) is 67.4 Å². The molecular weight excluding hydrogens is 748 g/mol. The summed E-state index contributed by atoms with van der Waals surface area (Å²) in [4.78, 5) is 86.0. The van der Waals surface area contributed by atoms with Crippen LogP contribution < -0.4 is 10.9 Å². The Bertz CT molecular complexity index is 2040. The molecule has 0 spiro atoms. The first-order chi connectivity index (χ1) is 27.3. The Morgan fingerprint density at radius 2 is 1.26 bits per heavy atom. The quantitative estimate of drug-likeness (QED) is 0.0491. The van der Waals surface area contributed by atoms with Crippen molar-refractivity contribution >= 4 is 17.9 Å². The normalized spacial score (nSPS) is 16.0. The smallest absolute Gasteiger partial charge is 0.340 e. The number of hydrogen-bond acceptors (Lipinski definition) is 13. The third-order valence-corrected chi connectivity index (χ3v) is 10.7. The number of rotatable bonds is 19. The first-order valence-corrected chi connectivity index (χ1v) is 19.7. The maximum absolute atomic E-state index is 13.8. The number of carbonyl (C=O) groups excluding carboxylic acids is 3. The van der Waals surface area contributed by atoms with Crippen LogP contribution >= 0.6 is 0 Å². The van der Waals surface area contributed by atoms with E-state index in [2.05, 4.69) is 0 Å². The van der Waals surface area contributed by atoms with Gasteiger partial charge in [0.25, 0.3) is 0 Å². The lowest BCUT2D eigenvalue weighted by Crippen LogP contribution is -2.39. The Morgan fingerprint density at radius 1 is 0.724 bits per heavy atom. The van der Waals surface area contributed by atoms with Crippen molar-refractivity contribution < 1.29 is 52.2 Å². The van der Waals surface area contributed by atoms with E-state index in [9.17, 15) is 24.0 Å². The standard InChI is InChI=1S/C45H60O13/c1-15-35-25(5)37(48)28(8)42(52-35)31(11)43(58-56-33(13)47)30(10)40(57-55-32(12)46)24(4)22-23(3)39-27(7)38(49)29(9)41(54-39)26(6)36(16-2)53-45(50)44(51-14)34-20-18-17-19-21-34/h17-23,26,30-31,36,40,43-44H,15-16H2,1-14H3/b24-22+/t23-,26-,30-,31-,36-,40-,43+,44+/m0/s1. The highest BCUT2D eigenvalue weighted by molar-refractivity contribution is 5.76. The van der Waals surface area contributed by atoms with E-state index in [0.717, 1.165) is 0 Å². The molecule has 0 bridgehead atoms. The lowest BCUT2D eigenvalue weighted by molar-refractivity contribution is -0.334. The minimum Gasteiger partial charge on any atom is -0.465 e. The Morgan fingerprint density at radius 3 is 1.79 bits per heavy atom. The first kappa shape index (κ1) is 47.5. The van der Waals surface area contributed by atoms with E-state index in [4.69, 9.17) is 37.9 Å². The Hall–Kier alpha value is -4.85. The molecular formula is C45H60O13. The molecule has 0 saturated carbocycles. The number of hydrogen-bond donors (Lipinski definition) is 0. The van der Waals surface area contributed by atoms with Crippen LogP contribution in [0.3, 0.4) is 0 Å². The van der Waals surface area contributed by atoms with Crippen LogP contribution in [-0.4, -0.2) is 43.3 Å². The first-order valence-electron chi connectivity index (χ1n) is 19.7. The van der Waals surface area contributed by atoms with Gasteiger partial charge in [-0.2, -0.15) is 9.78 Å². The summed E-state index contributed by atoms with van der Waals surface area (Å²) >= 11 is 0. The number of ether oxygens (including phenoxy) is 2. The molecule has 0 aliphatic carbocycles. The molecule has 0 aliphatic heterocycles. The van der Waals surface area contributed by atoms with E-state index in [1.165, 1.54) is 21.0 Å². The van der Waals surface area contributed by atoms with Crippen molar-refractivity contribution in [1.82, 2.24) is 0 Å². The van der Waals surface area contributed by atoms with Crippen molar-refractivity contribution in [3.63, 3.8) is 0 Å². The van der Waals surface area contributed by atoms with Gasteiger partial charge in [0.2, 0.25) is 0 Å². The number of allylic oxidation sites excluding steroid dienone is 1. The number of aryl methyl sites for hydroxylation is 1. The second kappa shape index (κ2) is 21.2. The van der Waals surface area contributed by atoms with Gasteiger partial charge in [0.1, 0.15) is 41.4 Å². The molecule has 58 heavy (non-hydrogen) atoms. The molecule has 13 nitrogen and oxygen atoms in total. The molecule has 2 aromatic heterocycles. The van der Waals surface area contributed by atoms with Crippen molar-refractivity contribution in [1.29, 1.82) is 0 Å². The zero-order valence-electron chi connectivity index (χ0n) is 36.3. The molecule has 3 rings (SSSR count). The van der Waals surface area contributed by atoms with Crippen LogP contribution in [0.5, 0.6) is 0 Å². The molecule has 1 aromatic carbocycles. The second-order valence-electron chi connectivity index (χ2n) is 15.0. The van der Waals surface area contributed by atoms with Gasteiger partial charge < -0.3 is 18.3 Å². The summed E-state index contributed by atoms with van der Waals surface area (Å²) in [6, 6.07) is 9.04. The van der Waals surface area contributed by atoms with Gasteiger partial charge >= 0.3 is 17.9 Å². The van der Waals surface area contributed by atoms with Crippen molar-refractivity contribution in [3.05, 3.63) is 113 Å². The van der Waals surface area contributed by atoms with Crippen molar-refractivity contribution in [2.45, 2.75) is 145 Å². The molecule has 3 aromatic rings. The van der Waals surface area contributed by atoms with Crippen LogP contribution in [0.15, 0.2) is 60.4 Å². The fourth-order valence-corrected chi connectivity index (χ4v) is 7.47. The molecule has 8 atom stereocenters. The highest BCUT2D eigenvalue weighted by atomic mass is 17.2. The summed E-state index contributed by atoms with van der Waals surface area (Å²) in [6.07, 6.45) is -0.810. The van der Waals surface area contributed by atoms with Crippen LogP contribution in [0, 0.1) is 33.6 Å². The van der Waals surface area contributed by atoms with Crippen molar-refractivity contribution in [2.24, 2.45) is 5.92 Å².